The quantitative estimate of drug-likeness (QED) is 0.362. The number of benzene rings is 1. The summed E-state index contributed by atoms with van der Waals surface area (Å²) in [4.78, 5) is 4.99. The van der Waals surface area contributed by atoms with E-state index in [1.54, 1.807) is 0 Å². The normalized spacial score (nSPS) is 22.2. The summed E-state index contributed by atoms with van der Waals surface area (Å²) < 4.78 is 20.2. The highest BCUT2D eigenvalue weighted by Gasteiger charge is 2.46. The number of pyridine rings is 1. The molecular weight excluding hydrogens is 454 g/mol. The Balaban J connectivity index is 1.84. The molecule has 0 radical (unpaired) electrons. The van der Waals surface area contributed by atoms with E-state index < -0.39 is 16.6 Å². The molecule has 188 valence electrons. The van der Waals surface area contributed by atoms with Gasteiger partial charge in [-0.1, -0.05) is 77.9 Å². The van der Waals surface area contributed by atoms with Gasteiger partial charge in [0.1, 0.15) is 12.2 Å². The van der Waals surface area contributed by atoms with Gasteiger partial charge in [0.25, 0.3) is 0 Å². The maximum Gasteiger partial charge on any atom is 0.192 e. The standard InChI is InChI=1S/C28H45NO3Si2/c1-27(2,3)33(7,8)30-20-26-25(32-34(9,10)28(4,5)6)19-24(31-26)23-18-14-17-22(29-23)21-15-12-11-13-16-21/h11-18,24-26H,19-20H2,1-10H3/t24-,25+,26-/m1/s1. The summed E-state index contributed by atoms with van der Waals surface area (Å²) in [5.41, 5.74) is 3.07. The van der Waals surface area contributed by atoms with Crippen molar-refractivity contribution in [2.24, 2.45) is 0 Å². The minimum absolute atomic E-state index is 0.0119. The predicted octanol–water partition coefficient (Wildman–Crippen LogP) is 7.99. The first-order valence-electron chi connectivity index (χ1n) is 12.6. The van der Waals surface area contributed by atoms with Crippen molar-refractivity contribution in [3.8, 4) is 11.3 Å². The molecule has 1 aliphatic rings. The zero-order valence-electron chi connectivity index (χ0n) is 22.9. The lowest BCUT2D eigenvalue weighted by Crippen LogP contribution is -2.48. The highest BCUT2D eigenvalue weighted by Crippen LogP contribution is 2.43. The first kappa shape index (κ1) is 27.3. The van der Waals surface area contributed by atoms with Crippen molar-refractivity contribution in [3.63, 3.8) is 0 Å². The third-order valence-electron chi connectivity index (χ3n) is 8.04. The Morgan fingerprint density at radius 3 is 2.06 bits per heavy atom. The number of ether oxygens (including phenoxy) is 1. The molecule has 0 amide bonds. The van der Waals surface area contributed by atoms with Crippen LogP contribution in [0, 0.1) is 0 Å². The van der Waals surface area contributed by atoms with E-state index >= 15 is 0 Å². The van der Waals surface area contributed by atoms with Crippen LogP contribution in [-0.2, 0) is 13.6 Å². The number of hydrogen-bond donors (Lipinski definition) is 0. The average molecular weight is 500 g/mol. The van der Waals surface area contributed by atoms with Gasteiger partial charge in [0.15, 0.2) is 16.6 Å². The minimum Gasteiger partial charge on any atom is -0.414 e. The van der Waals surface area contributed by atoms with Crippen molar-refractivity contribution in [1.29, 1.82) is 0 Å². The van der Waals surface area contributed by atoms with Crippen LogP contribution in [0.5, 0.6) is 0 Å². The molecule has 1 aromatic heterocycles. The molecular formula is C28H45NO3Si2. The van der Waals surface area contributed by atoms with Gasteiger partial charge >= 0.3 is 0 Å². The summed E-state index contributed by atoms with van der Waals surface area (Å²) in [6.45, 7) is 23.5. The van der Waals surface area contributed by atoms with Crippen LogP contribution in [0.3, 0.4) is 0 Å². The van der Waals surface area contributed by atoms with Gasteiger partial charge in [-0.25, -0.2) is 0 Å². The van der Waals surface area contributed by atoms with Gasteiger partial charge in [0.2, 0.25) is 0 Å². The van der Waals surface area contributed by atoms with Crippen molar-refractivity contribution in [2.75, 3.05) is 6.61 Å². The fraction of sp³-hybridized carbons (Fsp3) is 0.607. The van der Waals surface area contributed by atoms with Crippen LogP contribution in [0.1, 0.15) is 59.8 Å². The van der Waals surface area contributed by atoms with E-state index in [1.165, 1.54) is 0 Å². The van der Waals surface area contributed by atoms with Gasteiger partial charge in [-0.05, 0) is 48.4 Å². The zero-order chi connectivity index (χ0) is 25.4. The van der Waals surface area contributed by atoms with E-state index in [4.69, 9.17) is 18.6 Å². The SMILES string of the molecule is CC(C)(C)[Si](C)(C)OC[C@H]1O[C@@H](c2cccc(-c3ccccc3)n2)C[C@@H]1O[Si](C)(C)C(C)(C)C. The van der Waals surface area contributed by atoms with Crippen LogP contribution in [-0.4, -0.2) is 40.4 Å². The van der Waals surface area contributed by atoms with E-state index in [1.807, 2.05) is 18.2 Å². The largest absolute Gasteiger partial charge is 0.414 e. The smallest absolute Gasteiger partial charge is 0.192 e. The molecule has 0 unspecified atom stereocenters. The van der Waals surface area contributed by atoms with Gasteiger partial charge in [0.05, 0.1) is 24.1 Å². The minimum atomic E-state index is -1.96. The first-order chi connectivity index (χ1) is 15.6. The lowest BCUT2D eigenvalue weighted by atomic mass is 10.1. The van der Waals surface area contributed by atoms with Crippen molar-refractivity contribution >= 4 is 16.6 Å². The highest BCUT2D eigenvalue weighted by atomic mass is 28.4. The molecule has 0 bridgehead atoms. The summed E-state index contributed by atoms with van der Waals surface area (Å²) in [7, 11) is -3.85. The lowest BCUT2D eigenvalue weighted by Gasteiger charge is -2.40. The van der Waals surface area contributed by atoms with Crippen molar-refractivity contribution in [3.05, 3.63) is 54.2 Å². The van der Waals surface area contributed by atoms with Crippen molar-refractivity contribution < 1.29 is 13.6 Å². The second kappa shape index (κ2) is 9.98. The van der Waals surface area contributed by atoms with Gasteiger partial charge in [-0.3, -0.25) is 4.98 Å². The molecule has 0 saturated carbocycles. The van der Waals surface area contributed by atoms with Crippen LogP contribution >= 0.6 is 0 Å². The molecule has 3 atom stereocenters. The maximum atomic E-state index is 6.91. The Morgan fingerprint density at radius 2 is 1.47 bits per heavy atom. The van der Waals surface area contributed by atoms with Crippen LogP contribution in [0.2, 0.25) is 36.3 Å². The van der Waals surface area contributed by atoms with Crippen LogP contribution < -0.4 is 0 Å². The summed E-state index contributed by atoms with van der Waals surface area (Å²) in [6, 6.07) is 16.6. The van der Waals surface area contributed by atoms with Gasteiger partial charge in [-0.2, -0.15) is 0 Å². The van der Waals surface area contributed by atoms with Crippen LogP contribution in [0.4, 0.5) is 0 Å². The molecule has 3 rings (SSSR count). The van der Waals surface area contributed by atoms with Crippen molar-refractivity contribution in [2.45, 2.75) is 103 Å². The lowest BCUT2D eigenvalue weighted by molar-refractivity contribution is -0.0175. The molecule has 2 aromatic rings. The second-order valence-electron chi connectivity index (χ2n) is 12.7. The summed E-state index contributed by atoms with van der Waals surface area (Å²) in [5, 5.41) is 0.299. The van der Waals surface area contributed by atoms with Crippen LogP contribution in [0.25, 0.3) is 11.3 Å². The summed E-state index contributed by atoms with van der Waals surface area (Å²) in [5.74, 6) is 0. The van der Waals surface area contributed by atoms with E-state index in [2.05, 4.69) is 98.1 Å². The molecule has 0 N–H and O–H groups in total. The van der Waals surface area contributed by atoms with Gasteiger partial charge in [0, 0.05) is 12.0 Å². The molecule has 6 heteroatoms. The predicted molar refractivity (Wildman–Crippen MR) is 147 cm³/mol. The van der Waals surface area contributed by atoms with E-state index in [0.717, 1.165) is 23.4 Å². The molecule has 4 nitrogen and oxygen atoms in total. The Labute approximate surface area is 209 Å². The van der Waals surface area contributed by atoms with E-state index in [9.17, 15) is 0 Å². The van der Waals surface area contributed by atoms with E-state index in [-0.39, 0.29) is 28.4 Å². The monoisotopic (exact) mass is 499 g/mol. The maximum absolute atomic E-state index is 6.91. The first-order valence-corrected chi connectivity index (χ1v) is 18.4. The number of nitrogens with zero attached hydrogens (tertiary/aromatic N) is 1. The van der Waals surface area contributed by atoms with Gasteiger partial charge in [-0.15, -0.1) is 0 Å². The van der Waals surface area contributed by atoms with Crippen molar-refractivity contribution in [1.82, 2.24) is 4.98 Å². The fourth-order valence-electron chi connectivity index (χ4n) is 3.64. The summed E-state index contributed by atoms with van der Waals surface area (Å²) >= 11 is 0. The molecule has 34 heavy (non-hydrogen) atoms. The summed E-state index contributed by atoms with van der Waals surface area (Å²) in [6.07, 6.45) is 0.642. The zero-order valence-corrected chi connectivity index (χ0v) is 24.9. The molecule has 0 aliphatic carbocycles. The Hall–Kier alpha value is -1.32. The fourth-order valence-corrected chi connectivity index (χ4v) is 6.01. The molecule has 2 heterocycles. The number of aromatic nitrogens is 1. The molecule has 1 aliphatic heterocycles. The Kier molecular flexibility index (Phi) is 8.00. The third kappa shape index (κ3) is 6.27. The molecule has 0 spiro atoms. The number of hydrogen-bond acceptors (Lipinski definition) is 4. The molecule has 1 fully saturated rings. The molecule has 1 saturated heterocycles. The Morgan fingerprint density at radius 1 is 0.853 bits per heavy atom. The van der Waals surface area contributed by atoms with Gasteiger partial charge < -0.3 is 13.6 Å². The highest BCUT2D eigenvalue weighted by molar-refractivity contribution is 6.74. The Bertz CT molecular complexity index is 948. The number of rotatable bonds is 7. The average Bonchev–Trinajstić information content (AvgIpc) is 3.13. The topological polar surface area (TPSA) is 40.6 Å². The van der Waals surface area contributed by atoms with Crippen LogP contribution in [0.15, 0.2) is 48.5 Å². The third-order valence-corrected chi connectivity index (χ3v) is 17.0. The van der Waals surface area contributed by atoms with E-state index in [0.29, 0.717) is 6.61 Å². The second-order valence-corrected chi connectivity index (χ2v) is 22.3. The molecule has 1 aromatic carbocycles.